The van der Waals surface area contributed by atoms with Crippen LogP contribution in [-0.2, 0) is 17.8 Å². The summed E-state index contributed by atoms with van der Waals surface area (Å²) in [5, 5.41) is 12.6. The minimum Gasteiger partial charge on any atom is -0.545 e. The molecule has 0 aliphatic carbocycles. The molecule has 0 saturated carbocycles. The molecule has 0 radical (unpaired) electrons. The van der Waals surface area contributed by atoms with E-state index in [-0.39, 0.29) is 47.1 Å². The zero-order valence-electron chi connectivity index (χ0n) is 22.0. The number of methoxy groups -OCH3 is 1. The third-order valence-electron chi connectivity index (χ3n) is 6.25. The monoisotopic (exact) mass is 558 g/mol. The molecule has 9 heteroatoms. The van der Waals surface area contributed by atoms with Crippen molar-refractivity contribution in [3.05, 3.63) is 125 Å². The summed E-state index contributed by atoms with van der Waals surface area (Å²) in [6.07, 6.45) is 0.0196. The number of hydrogen-bond acceptors (Lipinski definition) is 8. The number of para-hydroxylation sites is 1. The van der Waals surface area contributed by atoms with Gasteiger partial charge in [-0.3, -0.25) is 4.79 Å². The van der Waals surface area contributed by atoms with E-state index in [1.54, 1.807) is 54.6 Å². The van der Waals surface area contributed by atoms with Gasteiger partial charge in [0.2, 0.25) is 0 Å². The van der Waals surface area contributed by atoms with E-state index in [1.165, 1.54) is 7.11 Å². The van der Waals surface area contributed by atoms with Crippen molar-refractivity contribution in [2.45, 2.75) is 13.0 Å². The van der Waals surface area contributed by atoms with Gasteiger partial charge < -0.3 is 19.4 Å². The maximum absolute atomic E-state index is 13.9. The predicted molar refractivity (Wildman–Crippen MR) is 148 cm³/mol. The number of rotatable bonds is 10. The third kappa shape index (κ3) is 6.66. The number of nitrogens with zero attached hydrogens (tertiary/aromatic N) is 2. The minimum atomic E-state index is -1.46. The van der Waals surface area contributed by atoms with Crippen molar-refractivity contribution in [2.24, 2.45) is 0 Å². The molecule has 0 saturated heterocycles. The van der Waals surface area contributed by atoms with Gasteiger partial charge in [-0.05, 0) is 59.2 Å². The molecule has 0 aliphatic heterocycles. The Bertz CT molecular complexity index is 1670. The van der Waals surface area contributed by atoms with Gasteiger partial charge in [0, 0.05) is 23.1 Å². The Kier molecular flexibility index (Phi) is 9.84. The van der Waals surface area contributed by atoms with E-state index in [2.05, 4.69) is 8.75 Å². The van der Waals surface area contributed by atoms with Gasteiger partial charge in [0.15, 0.2) is 5.78 Å². The maximum Gasteiger partial charge on any atom is 1.00 e. The van der Waals surface area contributed by atoms with Crippen molar-refractivity contribution < 1.29 is 53.7 Å². The van der Waals surface area contributed by atoms with Gasteiger partial charge in [-0.1, -0.05) is 54.6 Å². The molecule has 0 atom stereocenters. The van der Waals surface area contributed by atoms with Crippen LogP contribution in [0, 0.1) is 0 Å². The molecule has 0 unspecified atom stereocenters. The number of carboxylic acid groups (broad SMARTS) is 1. The topological polar surface area (TPSA) is 101 Å². The predicted octanol–water partition coefficient (Wildman–Crippen LogP) is 1.91. The molecule has 40 heavy (non-hydrogen) atoms. The maximum atomic E-state index is 13.9. The van der Waals surface area contributed by atoms with Crippen molar-refractivity contribution in [1.82, 2.24) is 8.75 Å². The SMILES string of the molecule is COc1ccccc1C/C(C(=O)c1ccc(OCc2ccccc2)cc1)=C(\C(=O)[O-])c1ccc2nsnc2c1.[Na+]. The molecule has 0 amide bonds. The van der Waals surface area contributed by atoms with Gasteiger partial charge in [-0.15, -0.1) is 0 Å². The molecule has 0 spiro atoms. The van der Waals surface area contributed by atoms with Crippen LogP contribution >= 0.6 is 11.7 Å². The fourth-order valence-electron chi connectivity index (χ4n) is 4.29. The third-order valence-corrected chi connectivity index (χ3v) is 6.80. The number of hydrogen-bond donors (Lipinski definition) is 0. The molecule has 194 valence electrons. The smallest absolute Gasteiger partial charge is 0.545 e. The zero-order valence-corrected chi connectivity index (χ0v) is 24.8. The van der Waals surface area contributed by atoms with Crippen molar-refractivity contribution in [1.29, 1.82) is 0 Å². The van der Waals surface area contributed by atoms with Crippen molar-refractivity contribution >= 4 is 40.1 Å². The van der Waals surface area contributed by atoms with Crippen LogP contribution in [0.5, 0.6) is 11.5 Å². The Morgan fingerprint density at radius 3 is 2.23 bits per heavy atom. The van der Waals surface area contributed by atoms with Crippen LogP contribution in [0.25, 0.3) is 16.6 Å². The summed E-state index contributed by atoms with van der Waals surface area (Å²) in [6, 6.07) is 28.5. The van der Waals surface area contributed by atoms with Crippen LogP contribution in [0.1, 0.15) is 27.0 Å². The van der Waals surface area contributed by atoms with Gasteiger partial charge in [-0.2, -0.15) is 8.75 Å². The Morgan fingerprint density at radius 1 is 0.825 bits per heavy atom. The van der Waals surface area contributed by atoms with Crippen molar-refractivity contribution in [3.8, 4) is 11.5 Å². The van der Waals surface area contributed by atoms with E-state index in [4.69, 9.17) is 9.47 Å². The second kappa shape index (κ2) is 13.5. The van der Waals surface area contributed by atoms with E-state index in [0.717, 1.165) is 17.3 Å². The number of ketones is 1. The average molecular weight is 559 g/mol. The van der Waals surface area contributed by atoms with E-state index < -0.39 is 11.8 Å². The summed E-state index contributed by atoms with van der Waals surface area (Å²) in [4.78, 5) is 26.5. The van der Waals surface area contributed by atoms with Crippen LogP contribution in [0.15, 0.2) is 103 Å². The summed E-state index contributed by atoms with van der Waals surface area (Å²) in [5.74, 6) is -0.763. The number of carbonyl (C=O) groups excluding carboxylic acids is 2. The Balaban J connectivity index is 0.00000370. The Labute approximate surface area is 257 Å². The molecule has 5 rings (SSSR count). The first kappa shape index (κ1) is 29.2. The van der Waals surface area contributed by atoms with E-state index in [1.807, 2.05) is 42.5 Å². The fourth-order valence-corrected chi connectivity index (χ4v) is 4.81. The van der Waals surface area contributed by atoms with Gasteiger partial charge in [0.25, 0.3) is 0 Å². The summed E-state index contributed by atoms with van der Waals surface area (Å²) in [5.41, 5.74) is 3.38. The molecule has 7 nitrogen and oxygen atoms in total. The van der Waals surface area contributed by atoms with Gasteiger partial charge in [0.1, 0.15) is 29.1 Å². The van der Waals surface area contributed by atoms with Gasteiger partial charge in [-0.25, -0.2) is 0 Å². The van der Waals surface area contributed by atoms with Gasteiger partial charge in [0.05, 0.1) is 24.8 Å². The molecular weight excluding hydrogens is 535 g/mol. The zero-order chi connectivity index (χ0) is 27.2. The minimum absolute atomic E-state index is 0. The van der Waals surface area contributed by atoms with E-state index in [0.29, 0.717) is 45.8 Å². The summed E-state index contributed by atoms with van der Waals surface area (Å²) in [6.45, 7) is 0.385. The van der Waals surface area contributed by atoms with E-state index >= 15 is 0 Å². The summed E-state index contributed by atoms with van der Waals surface area (Å²) in [7, 11) is 1.53. The first-order valence-electron chi connectivity index (χ1n) is 12.1. The van der Waals surface area contributed by atoms with Crippen LogP contribution < -0.4 is 44.1 Å². The number of allylic oxidation sites excluding steroid dienone is 1. The van der Waals surface area contributed by atoms with Crippen LogP contribution in [0.4, 0.5) is 0 Å². The van der Waals surface area contributed by atoms with Crippen LogP contribution in [0.2, 0.25) is 0 Å². The van der Waals surface area contributed by atoms with Gasteiger partial charge >= 0.3 is 29.6 Å². The molecule has 0 aliphatic rings. The number of fused-ring (bicyclic) bond motifs is 1. The Hall–Kier alpha value is -3.82. The van der Waals surface area contributed by atoms with Crippen LogP contribution in [-0.4, -0.2) is 27.6 Å². The molecule has 1 heterocycles. The number of Topliss-reactive ketones (excluding diaryl/α,β-unsaturated/α-hetero) is 1. The van der Waals surface area contributed by atoms with E-state index in [9.17, 15) is 14.7 Å². The molecule has 4 aromatic carbocycles. The molecule has 0 fully saturated rings. The Morgan fingerprint density at radius 2 is 1.50 bits per heavy atom. The number of benzene rings is 4. The molecule has 5 aromatic rings. The standard InChI is InChI=1S/C31H24N2O5S.Na/c1-37-28-10-6-5-9-22(28)17-25(29(31(35)36)23-13-16-26-27(18-23)33-39-32-26)30(34)21-11-14-24(15-12-21)38-19-20-7-3-2-4-8-20;/h2-16,18H,17,19H2,1H3,(H,35,36);/q;+1/p-1/b29-25+;. The molecular formula is C31H23N2NaO5S. The average Bonchev–Trinajstić information content (AvgIpc) is 3.44. The number of aliphatic carboxylic acids is 1. The molecule has 1 aromatic heterocycles. The first-order valence-corrected chi connectivity index (χ1v) is 12.9. The number of carbonyl (C=O) groups is 2. The number of carboxylic acids is 1. The molecule has 0 bridgehead atoms. The second-order valence-corrected chi connectivity index (χ2v) is 9.25. The normalized spacial score (nSPS) is 11.3. The number of aromatic nitrogens is 2. The fraction of sp³-hybridized carbons (Fsp3) is 0.0968. The number of ether oxygens (including phenoxy) is 2. The van der Waals surface area contributed by atoms with Crippen molar-refractivity contribution in [2.75, 3.05) is 7.11 Å². The summed E-state index contributed by atoms with van der Waals surface area (Å²) < 4.78 is 19.7. The second-order valence-electron chi connectivity index (χ2n) is 8.73. The quantitative estimate of drug-likeness (QED) is 0.147. The van der Waals surface area contributed by atoms with Crippen molar-refractivity contribution in [3.63, 3.8) is 0 Å². The van der Waals surface area contributed by atoms with Crippen LogP contribution in [0.3, 0.4) is 0 Å². The summed E-state index contributed by atoms with van der Waals surface area (Å²) >= 11 is 1.03. The molecule has 0 N–H and O–H groups in total. The largest absolute Gasteiger partial charge is 1.00 e. The first-order chi connectivity index (χ1) is 19.0.